The van der Waals surface area contributed by atoms with E-state index in [4.69, 9.17) is 23.4 Å². The number of ether oxygens (including phenoxy) is 4. The molecule has 2 aliphatic heterocycles. The van der Waals surface area contributed by atoms with Gasteiger partial charge in [0.2, 0.25) is 11.7 Å². The van der Waals surface area contributed by atoms with Crippen LogP contribution in [0.4, 0.5) is 0 Å². The summed E-state index contributed by atoms with van der Waals surface area (Å²) in [5.74, 6) is -1.69. The molecule has 2 aliphatic rings. The number of aliphatic hydroxyl groups excluding tert-OH is 7. The minimum atomic E-state index is -1.87. The molecule has 10 N–H and O–H groups in total. The standard InChI is InChI=1S/C27H30O16/c28-6-16-20(34)22(36)24(38)26(41-16)43-25-23(37)21(35)17(7-29)42-27(25)40-10-4-14(32)18-15(5-10)39-8-11(19(18)33)9-1-2-12(30)13(31)3-9/h1-5,8,16-17,20-32,34-38H,6-7H2/t16?,17?,20-,21-,22+,23+,24?,25?,26+,27-/m1/s1. The lowest BCUT2D eigenvalue weighted by molar-refractivity contribution is -0.357. The zero-order valence-electron chi connectivity index (χ0n) is 22.1. The molecule has 0 bridgehead atoms. The Balaban J connectivity index is 1.45. The second kappa shape index (κ2) is 12.2. The number of hydrogen-bond donors (Lipinski definition) is 10. The van der Waals surface area contributed by atoms with Crippen LogP contribution in [0, 0.1) is 0 Å². The Hall–Kier alpha value is -3.55. The van der Waals surface area contributed by atoms with Gasteiger partial charge in [0.1, 0.15) is 71.5 Å². The van der Waals surface area contributed by atoms with Crippen molar-refractivity contribution in [2.75, 3.05) is 13.2 Å². The molecule has 4 unspecified atom stereocenters. The molecular formula is C27H30O16. The van der Waals surface area contributed by atoms with Gasteiger partial charge in [-0.1, -0.05) is 6.07 Å². The molecule has 0 radical (unpaired) electrons. The summed E-state index contributed by atoms with van der Waals surface area (Å²) >= 11 is 0. The lowest BCUT2D eigenvalue weighted by Gasteiger charge is -2.45. The third-order valence-electron chi connectivity index (χ3n) is 7.33. The molecule has 0 aliphatic carbocycles. The van der Waals surface area contributed by atoms with E-state index in [-0.39, 0.29) is 27.8 Å². The summed E-state index contributed by atoms with van der Waals surface area (Å²) in [6, 6.07) is 5.86. The quantitative estimate of drug-likeness (QED) is 0.125. The fourth-order valence-corrected chi connectivity index (χ4v) is 4.93. The Kier molecular flexibility index (Phi) is 8.77. The number of phenolic OH excluding ortho intramolecular Hbond substituents is 3. The molecule has 0 spiro atoms. The third-order valence-corrected chi connectivity index (χ3v) is 7.33. The van der Waals surface area contributed by atoms with Gasteiger partial charge < -0.3 is 74.4 Å². The van der Waals surface area contributed by atoms with Crippen molar-refractivity contribution in [3.63, 3.8) is 0 Å². The normalized spacial score (nSPS) is 33.0. The zero-order chi connectivity index (χ0) is 31.2. The summed E-state index contributed by atoms with van der Waals surface area (Å²) in [6.45, 7) is -1.53. The Bertz CT molecular complexity index is 1510. The van der Waals surface area contributed by atoms with Gasteiger partial charge in [0, 0.05) is 12.1 Å². The van der Waals surface area contributed by atoms with Crippen LogP contribution in [0.2, 0.25) is 0 Å². The van der Waals surface area contributed by atoms with Crippen molar-refractivity contribution in [3.8, 4) is 34.1 Å². The molecule has 2 fully saturated rings. The van der Waals surface area contributed by atoms with E-state index in [0.29, 0.717) is 0 Å². The van der Waals surface area contributed by atoms with Crippen LogP contribution in [0.1, 0.15) is 0 Å². The number of aliphatic hydroxyl groups is 7. The lowest BCUT2D eigenvalue weighted by Crippen LogP contribution is -2.65. The number of benzene rings is 2. The van der Waals surface area contributed by atoms with Gasteiger partial charge in [-0.2, -0.15) is 0 Å². The van der Waals surface area contributed by atoms with Crippen LogP contribution in [0.5, 0.6) is 23.0 Å². The lowest BCUT2D eigenvalue weighted by atomic mass is 9.97. The summed E-state index contributed by atoms with van der Waals surface area (Å²) in [5.41, 5.74) is -0.699. The topological polar surface area (TPSA) is 269 Å². The minimum Gasteiger partial charge on any atom is -0.507 e. The predicted octanol–water partition coefficient (Wildman–Crippen LogP) is -2.42. The van der Waals surface area contributed by atoms with E-state index in [0.717, 1.165) is 18.4 Å². The van der Waals surface area contributed by atoms with Crippen LogP contribution in [-0.2, 0) is 14.2 Å². The molecule has 16 nitrogen and oxygen atoms in total. The summed E-state index contributed by atoms with van der Waals surface area (Å²) in [6.07, 6.45) is -15.7. The maximum absolute atomic E-state index is 13.2. The van der Waals surface area contributed by atoms with E-state index in [1.807, 2.05) is 0 Å². The van der Waals surface area contributed by atoms with E-state index < -0.39 is 97.3 Å². The number of phenols is 3. The molecule has 43 heavy (non-hydrogen) atoms. The molecule has 1 aromatic heterocycles. The smallest absolute Gasteiger partial charge is 0.229 e. The second-order valence-corrected chi connectivity index (χ2v) is 10.1. The Labute approximate surface area is 241 Å². The maximum atomic E-state index is 13.2. The van der Waals surface area contributed by atoms with Gasteiger partial charge >= 0.3 is 0 Å². The summed E-state index contributed by atoms with van der Waals surface area (Å²) < 4.78 is 27.8. The number of fused-ring (bicyclic) bond motifs is 1. The first-order valence-corrected chi connectivity index (χ1v) is 13.0. The second-order valence-electron chi connectivity index (χ2n) is 10.1. The van der Waals surface area contributed by atoms with E-state index in [2.05, 4.69) is 0 Å². The van der Waals surface area contributed by atoms with E-state index in [9.17, 15) is 55.9 Å². The van der Waals surface area contributed by atoms with Gasteiger partial charge in [-0.3, -0.25) is 4.79 Å². The highest BCUT2D eigenvalue weighted by molar-refractivity contribution is 5.88. The molecule has 10 atom stereocenters. The first kappa shape index (κ1) is 30.9. The molecule has 3 heterocycles. The first-order valence-electron chi connectivity index (χ1n) is 13.0. The highest BCUT2D eigenvalue weighted by Crippen LogP contribution is 2.35. The summed E-state index contributed by atoms with van der Waals surface area (Å²) in [7, 11) is 0. The number of aromatic hydroxyl groups is 3. The largest absolute Gasteiger partial charge is 0.507 e. The fourth-order valence-electron chi connectivity index (χ4n) is 4.93. The minimum absolute atomic E-state index is 0.0433. The highest BCUT2D eigenvalue weighted by Gasteiger charge is 2.51. The van der Waals surface area contributed by atoms with Gasteiger partial charge in [0.15, 0.2) is 23.9 Å². The maximum Gasteiger partial charge on any atom is 0.229 e. The van der Waals surface area contributed by atoms with Crippen molar-refractivity contribution in [2.24, 2.45) is 0 Å². The zero-order valence-corrected chi connectivity index (χ0v) is 22.1. The number of rotatable bonds is 7. The summed E-state index contributed by atoms with van der Waals surface area (Å²) in [4.78, 5) is 13.2. The van der Waals surface area contributed by atoms with Crippen LogP contribution in [0.25, 0.3) is 22.1 Å². The Morgan fingerprint density at radius 3 is 2.02 bits per heavy atom. The first-order chi connectivity index (χ1) is 20.4. The van der Waals surface area contributed by atoms with Gasteiger partial charge in [-0.05, 0) is 17.7 Å². The average molecular weight is 611 g/mol. The van der Waals surface area contributed by atoms with Crippen LogP contribution < -0.4 is 10.2 Å². The van der Waals surface area contributed by atoms with Gasteiger partial charge in [0.25, 0.3) is 0 Å². The van der Waals surface area contributed by atoms with Gasteiger partial charge in [0.05, 0.1) is 18.8 Å². The van der Waals surface area contributed by atoms with Crippen LogP contribution in [0.15, 0.2) is 45.8 Å². The van der Waals surface area contributed by atoms with Crippen molar-refractivity contribution in [2.45, 2.75) is 61.4 Å². The van der Waals surface area contributed by atoms with E-state index in [1.165, 1.54) is 18.2 Å². The molecule has 234 valence electrons. The fraction of sp³-hybridized carbons (Fsp3) is 0.444. The Morgan fingerprint density at radius 2 is 1.37 bits per heavy atom. The predicted molar refractivity (Wildman–Crippen MR) is 140 cm³/mol. The molecule has 5 rings (SSSR count). The molecular weight excluding hydrogens is 580 g/mol. The average Bonchev–Trinajstić information content (AvgIpc) is 2.98. The van der Waals surface area contributed by atoms with E-state index >= 15 is 0 Å². The van der Waals surface area contributed by atoms with Crippen molar-refractivity contribution < 1.29 is 74.4 Å². The summed E-state index contributed by atoms with van der Waals surface area (Å²) in [5, 5.41) is 101. The van der Waals surface area contributed by atoms with Crippen LogP contribution in [-0.4, -0.2) is 126 Å². The van der Waals surface area contributed by atoms with Gasteiger partial charge in [-0.15, -0.1) is 0 Å². The molecule has 16 heteroatoms. The molecule has 3 aromatic rings. The molecule has 2 saturated heterocycles. The van der Waals surface area contributed by atoms with Crippen LogP contribution >= 0.6 is 0 Å². The Morgan fingerprint density at radius 1 is 0.721 bits per heavy atom. The third kappa shape index (κ3) is 5.73. The highest BCUT2D eigenvalue weighted by atomic mass is 16.8. The van der Waals surface area contributed by atoms with Crippen molar-refractivity contribution in [1.82, 2.24) is 0 Å². The van der Waals surface area contributed by atoms with Crippen molar-refractivity contribution >= 4 is 11.0 Å². The SMILES string of the molecule is O=c1c(-c2ccc(O)c(O)c2)coc2cc(O[C@@H]3OC(CO)[C@@H](O)[C@H](O)C3O[C@@H]3OC(CO)[C@@H](O)[C@H](O)C3O)cc(O)c12. The van der Waals surface area contributed by atoms with Gasteiger partial charge in [-0.25, -0.2) is 0 Å². The molecule has 2 aromatic carbocycles. The van der Waals surface area contributed by atoms with Crippen molar-refractivity contribution in [1.29, 1.82) is 0 Å². The van der Waals surface area contributed by atoms with Crippen LogP contribution in [0.3, 0.4) is 0 Å². The number of hydrogen-bond acceptors (Lipinski definition) is 16. The monoisotopic (exact) mass is 610 g/mol. The molecule has 0 saturated carbocycles. The molecule has 0 amide bonds. The van der Waals surface area contributed by atoms with Crippen molar-refractivity contribution in [3.05, 3.63) is 46.8 Å². The van der Waals surface area contributed by atoms with E-state index in [1.54, 1.807) is 0 Å².